The highest BCUT2D eigenvalue weighted by Gasteiger charge is 2.34. The van der Waals surface area contributed by atoms with Crippen molar-refractivity contribution in [2.75, 3.05) is 0 Å². The Morgan fingerprint density at radius 3 is 2.29 bits per heavy atom. The lowest BCUT2D eigenvalue weighted by atomic mass is 10.3. The molecule has 2 atom stereocenters. The molecule has 2 nitrogen and oxygen atoms in total. The van der Waals surface area contributed by atoms with Crippen molar-refractivity contribution in [3.8, 4) is 0 Å². The fourth-order valence-corrected chi connectivity index (χ4v) is 0.755. The first-order valence-electron chi connectivity index (χ1n) is 2.55. The van der Waals surface area contributed by atoms with Crippen LogP contribution in [0.15, 0.2) is 0 Å². The average molecular weight is 98.1 g/mol. The molecule has 0 aromatic heterocycles. The monoisotopic (exact) mass is 98.1 g/mol. The van der Waals surface area contributed by atoms with Crippen LogP contribution in [0.3, 0.4) is 0 Å². The summed E-state index contributed by atoms with van der Waals surface area (Å²) in [5.74, 6) is 1.49. The van der Waals surface area contributed by atoms with E-state index in [9.17, 15) is 0 Å². The molecule has 0 radical (unpaired) electrons. The Kier molecular flexibility index (Phi) is 0.805. The van der Waals surface area contributed by atoms with Gasteiger partial charge in [-0.25, -0.2) is 0 Å². The smallest absolute Gasteiger partial charge is 0.0939 e. The van der Waals surface area contributed by atoms with Crippen LogP contribution >= 0.6 is 0 Å². The normalized spacial score (nSPS) is 37.9. The summed E-state index contributed by atoms with van der Waals surface area (Å²) in [5.41, 5.74) is 5.17. The number of rotatable bonds is 1. The van der Waals surface area contributed by atoms with Gasteiger partial charge >= 0.3 is 0 Å². The molecule has 0 aromatic rings. The fourth-order valence-electron chi connectivity index (χ4n) is 0.755. The topological polar surface area (TPSA) is 49.9 Å². The van der Waals surface area contributed by atoms with Crippen LogP contribution in [0, 0.1) is 17.2 Å². The van der Waals surface area contributed by atoms with Crippen LogP contribution in [0.2, 0.25) is 0 Å². The summed E-state index contributed by atoms with van der Waals surface area (Å²) < 4.78 is 0. The Bertz CT molecular complexity index is 98.3. The molecule has 1 aliphatic carbocycles. The fraction of sp³-hybridized carbons (Fsp3) is 0.800. The van der Waals surface area contributed by atoms with Gasteiger partial charge in [-0.05, 0) is 12.3 Å². The third kappa shape index (κ3) is 0.734. The highest BCUT2D eigenvalue weighted by Crippen LogP contribution is 2.36. The molecule has 7 heavy (non-hydrogen) atoms. The second kappa shape index (κ2) is 1.22. The number of amidine groups is 1. The molecule has 1 aliphatic rings. The predicted molar refractivity (Wildman–Crippen MR) is 29.2 cm³/mol. The quantitative estimate of drug-likeness (QED) is 0.366. The molecule has 1 fully saturated rings. The summed E-state index contributed by atoms with van der Waals surface area (Å²) in [6.07, 6.45) is 1.13. The van der Waals surface area contributed by atoms with Crippen molar-refractivity contribution in [2.24, 2.45) is 17.6 Å². The van der Waals surface area contributed by atoms with E-state index < -0.39 is 0 Å². The van der Waals surface area contributed by atoms with E-state index in [1.807, 2.05) is 0 Å². The number of nitrogens with one attached hydrogen (secondary N) is 1. The number of hydrogen-bond acceptors (Lipinski definition) is 1. The predicted octanol–water partition coefficient (Wildman–Crippen LogP) is 0.578. The van der Waals surface area contributed by atoms with Crippen LogP contribution < -0.4 is 5.73 Å². The van der Waals surface area contributed by atoms with Gasteiger partial charge in [0.05, 0.1) is 5.84 Å². The van der Waals surface area contributed by atoms with Crippen LogP contribution in [0.4, 0.5) is 0 Å². The van der Waals surface area contributed by atoms with Crippen molar-refractivity contribution in [1.82, 2.24) is 0 Å². The van der Waals surface area contributed by atoms with Crippen LogP contribution in [-0.4, -0.2) is 5.84 Å². The van der Waals surface area contributed by atoms with E-state index in [2.05, 4.69) is 6.92 Å². The summed E-state index contributed by atoms with van der Waals surface area (Å²) in [5, 5.41) is 6.92. The van der Waals surface area contributed by atoms with Crippen LogP contribution in [0.25, 0.3) is 0 Å². The van der Waals surface area contributed by atoms with Gasteiger partial charge in [0.25, 0.3) is 0 Å². The van der Waals surface area contributed by atoms with Gasteiger partial charge in [-0.2, -0.15) is 0 Å². The van der Waals surface area contributed by atoms with Crippen molar-refractivity contribution in [1.29, 1.82) is 5.41 Å². The Balaban J connectivity index is 2.33. The van der Waals surface area contributed by atoms with Crippen molar-refractivity contribution < 1.29 is 0 Å². The van der Waals surface area contributed by atoms with Crippen LogP contribution in [0.5, 0.6) is 0 Å². The molecule has 0 amide bonds. The SMILES string of the molecule is CC1CC1C(=N)N. The zero-order valence-electron chi connectivity index (χ0n) is 4.44. The van der Waals surface area contributed by atoms with E-state index in [1.165, 1.54) is 0 Å². The summed E-state index contributed by atoms with van der Waals surface area (Å²) in [4.78, 5) is 0. The van der Waals surface area contributed by atoms with E-state index in [4.69, 9.17) is 11.1 Å². The van der Waals surface area contributed by atoms with Gasteiger partial charge in [-0.1, -0.05) is 6.92 Å². The molecule has 0 saturated heterocycles. The first-order chi connectivity index (χ1) is 3.22. The molecule has 3 N–H and O–H groups in total. The summed E-state index contributed by atoms with van der Waals surface area (Å²) in [6.45, 7) is 2.12. The minimum Gasteiger partial charge on any atom is -0.387 e. The van der Waals surface area contributed by atoms with E-state index in [0.717, 1.165) is 6.42 Å². The lowest BCUT2D eigenvalue weighted by Gasteiger charge is -1.86. The Hall–Kier alpha value is -0.530. The lowest BCUT2D eigenvalue weighted by Crippen LogP contribution is -2.12. The highest BCUT2D eigenvalue weighted by atomic mass is 14.7. The summed E-state index contributed by atoms with van der Waals surface area (Å²) >= 11 is 0. The minimum absolute atomic E-state index is 0.368. The lowest BCUT2D eigenvalue weighted by molar-refractivity contribution is 0.915. The zero-order chi connectivity index (χ0) is 5.44. The van der Waals surface area contributed by atoms with E-state index >= 15 is 0 Å². The molecule has 40 valence electrons. The van der Waals surface area contributed by atoms with Crippen molar-refractivity contribution in [2.45, 2.75) is 13.3 Å². The van der Waals surface area contributed by atoms with Gasteiger partial charge in [0.15, 0.2) is 0 Å². The summed E-state index contributed by atoms with van der Waals surface area (Å²) in [7, 11) is 0. The maximum atomic E-state index is 6.92. The molecule has 2 unspecified atom stereocenters. The third-order valence-electron chi connectivity index (χ3n) is 1.51. The maximum Gasteiger partial charge on any atom is 0.0939 e. The van der Waals surface area contributed by atoms with E-state index in [-0.39, 0.29) is 0 Å². The van der Waals surface area contributed by atoms with Crippen molar-refractivity contribution in [3.63, 3.8) is 0 Å². The van der Waals surface area contributed by atoms with Gasteiger partial charge in [-0.15, -0.1) is 0 Å². The highest BCUT2D eigenvalue weighted by molar-refractivity contribution is 5.82. The standard InChI is InChI=1S/C5H10N2/c1-3-2-4(3)5(6)7/h3-4H,2H2,1H3,(H3,6,7). The largest absolute Gasteiger partial charge is 0.387 e. The molecular formula is C5H10N2. The molecule has 0 aliphatic heterocycles. The molecule has 0 bridgehead atoms. The molecular weight excluding hydrogens is 88.1 g/mol. The third-order valence-corrected chi connectivity index (χ3v) is 1.51. The molecule has 2 heteroatoms. The first kappa shape index (κ1) is 4.62. The summed E-state index contributed by atoms with van der Waals surface area (Å²) in [6, 6.07) is 0. The minimum atomic E-state index is 0.368. The maximum absolute atomic E-state index is 6.92. The molecule has 0 aromatic carbocycles. The second-order valence-corrected chi connectivity index (χ2v) is 2.27. The van der Waals surface area contributed by atoms with Gasteiger partial charge in [0.1, 0.15) is 0 Å². The van der Waals surface area contributed by atoms with Gasteiger partial charge in [0.2, 0.25) is 0 Å². The first-order valence-corrected chi connectivity index (χ1v) is 2.55. The van der Waals surface area contributed by atoms with Gasteiger partial charge in [0, 0.05) is 5.92 Å². The van der Waals surface area contributed by atoms with Crippen molar-refractivity contribution >= 4 is 5.84 Å². The Morgan fingerprint density at radius 2 is 2.29 bits per heavy atom. The van der Waals surface area contributed by atoms with E-state index in [0.29, 0.717) is 17.7 Å². The molecule has 0 heterocycles. The molecule has 1 rings (SSSR count). The number of nitrogens with two attached hydrogens (primary N) is 1. The van der Waals surface area contributed by atoms with E-state index in [1.54, 1.807) is 0 Å². The van der Waals surface area contributed by atoms with Crippen molar-refractivity contribution in [3.05, 3.63) is 0 Å². The Labute approximate surface area is 43.2 Å². The number of hydrogen-bond donors (Lipinski definition) is 2. The zero-order valence-corrected chi connectivity index (χ0v) is 4.44. The van der Waals surface area contributed by atoms with Crippen LogP contribution in [-0.2, 0) is 0 Å². The van der Waals surface area contributed by atoms with Gasteiger partial charge in [-0.3, -0.25) is 5.41 Å². The second-order valence-electron chi connectivity index (χ2n) is 2.27. The van der Waals surface area contributed by atoms with Gasteiger partial charge < -0.3 is 5.73 Å². The average Bonchev–Trinajstić information content (AvgIpc) is 2.17. The van der Waals surface area contributed by atoms with Crippen LogP contribution in [0.1, 0.15) is 13.3 Å². The molecule has 1 saturated carbocycles. The molecule has 0 spiro atoms. The Morgan fingerprint density at radius 1 is 1.86 bits per heavy atom.